The molecule has 0 aliphatic heterocycles. The fourth-order valence-corrected chi connectivity index (χ4v) is 7.82. The van der Waals surface area contributed by atoms with Gasteiger partial charge >= 0.3 is 0 Å². The molecular formula is C36H59NO3. The van der Waals surface area contributed by atoms with Crippen molar-refractivity contribution in [3.05, 3.63) is 53.1 Å². The van der Waals surface area contributed by atoms with Crippen molar-refractivity contribution in [1.29, 1.82) is 0 Å². The molecule has 4 rings (SSSR count). The van der Waals surface area contributed by atoms with Crippen LogP contribution in [0.1, 0.15) is 118 Å². The van der Waals surface area contributed by atoms with Crippen molar-refractivity contribution in [2.24, 2.45) is 29.6 Å². The summed E-state index contributed by atoms with van der Waals surface area (Å²) in [5.74, 6) is 3.27. The predicted molar refractivity (Wildman–Crippen MR) is 168 cm³/mol. The van der Waals surface area contributed by atoms with Gasteiger partial charge in [0.2, 0.25) is 0 Å². The fraction of sp³-hybridized carbons (Fsp3) is 0.722. The number of hydrogen-bond acceptors (Lipinski definition) is 4. The van der Waals surface area contributed by atoms with E-state index in [0.29, 0.717) is 35.3 Å². The zero-order valence-electron chi connectivity index (χ0n) is 27.4. The number of rotatable bonds is 5. The van der Waals surface area contributed by atoms with Crippen molar-refractivity contribution < 1.29 is 14.9 Å². The molecule has 4 heteroatoms. The molecule has 3 aliphatic carbocycles. The van der Waals surface area contributed by atoms with Gasteiger partial charge in [-0.3, -0.25) is 0 Å². The van der Waals surface area contributed by atoms with Gasteiger partial charge in [0.25, 0.3) is 0 Å². The lowest BCUT2D eigenvalue weighted by molar-refractivity contribution is -0.395. The Morgan fingerprint density at radius 1 is 1.02 bits per heavy atom. The van der Waals surface area contributed by atoms with Crippen LogP contribution in [0.3, 0.4) is 0 Å². The van der Waals surface area contributed by atoms with E-state index in [1.165, 1.54) is 48.0 Å². The molecule has 226 valence electrons. The lowest BCUT2D eigenvalue weighted by Crippen LogP contribution is -2.60. The topological polar surface area (TPSA) is 50.7 Å². The summed E-state index contributed by atoms with van der Waals surface area (Å²) >= 11 is 0. The lowest BCUT2D eigenvalue weighted by atomic mass is 9.51. The summed E-state index contributed by atoms with van der Waals surface area (Å²) in [6, 6.07) is 4.17. The minimum absolute atomic E-state index is 0.0312. The smallest absolute Gasteiger partial charge is 0.120 e. The van der Waals surface area contributed by atoms with Crippen LogP contribution in [0.25, 0.3) is 0 Å². The first-order valence-corrected chi connectivity index (χ1v) is 15.7. The van der Waals surface area contributed by atoms with Gasteiger partial charge in [-0.2, -0.15) is 0 Å². The lowest BCUT2D eigenvalue weighted by Gasteiger charge is -2.58. The van der Waals surface area contributed by atoms with Crippen molar-refractivity contribution >= 4 is 0 Å². The van der Waals surface area contributed by atoms with Crippen molar-refractivity contribution in [1.82, 2.24) is 5.32 Å². The van der Waals surface area contributed by atoms with Crippen LogP contribution in [0.5, 0.6) is 5.75 Å². The maximum Gasteiger partial charge on any atom is 0.120 e. The Bertz CT molecular complexity index is 1050. The third-order valence-electron chi connectivity index (χ3n) is 10.1. The van der Waals surface area contributed by atoms with Gasteiger partial charge in [0.05, 0.1) is 7.11 Å². The highest BCUT2D eigenvalue weighted by molar-refractivity contribution is 5.47. The van der Waals surface area contributed by atoms with E-state index in [0.717, 1.165) is 31.5 Å². The Kier molecular flexibility index (Phi) is 10.5. The first-order chi connectivity index (χ1) is 18.6. The highest BCUT2D eigenvalue weighted by Crippen LogP contribution is 2.60. The Morgan fingerprint density at radius 3 is 2.27 bits per heavy atom. The van der Waals surface area contributed by atoms with Gasteiger partial charge in [-0.1, -0.05) is 92.7 Å². The van der Waals surface area contributed by atoms with E-state index >= 15 is 0 Å². The van der Waals surface area contributed by atoms with Gasteiger partial charge in [0.1, 0.15) is 11.4 Å². The molecule has 0 bridgehead atoms. The standard InChI is InChI=1S/C19H30O2.C17H29NO/c1-12-6-8-17-13(2)7-9-18-15(4)14(3)11-16(10-12)19(17,18)21-20-5;1-8-18-11-13-14(17(5,6)7)9-12(10-15(13)19)16(2,3)4/h13-14,16-18H,1,4,6-11H2,2-3,5H3;9-10,18-19H,8,11H2,1-7H3/t13-,14?,16+,17+,18?,19-;/m1./s1. The monoisotopic (exact) mass is 553 g/mol. The molecule has 3 saturated carbocycles. The van der Waals surface area contributed by atoms with Gasteiger partial charge < -0.3 is 10.4 Å². The first-order valence-electron chi connectivity index (χ1n) is 15.7. The highest BCUT2D eigenvalue weighted by atomic mass is 17.2. The van der Waals surface area contributed by atoms with Crippen LogP contribution in [0.2, 0.25) is 0 Å². The van der Waals surface area contributed by atoms with Gasteiger partial charge in [0.15, 0.2) is 0 Å². The van der Waals surface area contributed by atoms with Crippen LogP contribution in [0.4, 0.5) is 0 Å². The van der Waals surface area contributed by atoms with Gasteiger partial charge in [0, 0.05) is 18.0 Å². The number of benzene rings is 1. The SMILES string of the molecule is C=C1CC[C@H]2[C@H](C)CCC3C(=C)C(C)C[C@H](C1)[C@]32OOC.CCNCc1c(O)cc(C(C)(C)C)cc1C(C)(C)C. The molecular weight excluding hydrogens is 494 g/mol. The normalized spacial score (nSPS) is 30.7. The summed E-state index contributed by atoms with van der Waals surface area (Å²) in [5, 5.41) is 13.7. The van der Waals surface area contributed by atoms with Gasteiger partial charge in [-0.15, -0.1) is 0 Å². The molecule has 0 amide bonds. The van der Waals surface area contributed by atoms with E-state index in [9.17, 15) is 5.11 Å². The summed E-state index contributed by atoms with van der Waals surface area (Å²) in [7, 11) is 1.67. The maximum atomic E-state index is 10.4. The van der Waals surface area contributed by atoms with E-state index in [2.05, 4.69) is 86.9 Å². The Labute approximate surface area is 245 Å². The Balaban J connectivity index is 0.000000222. The van der Waals surface area contributed by atoms with E-state index in [4.69, 9.17) is 9.78 Å². The average molecular weight is 554 g/mol. The van der Waals surface area contributed by atoms with Crippen molar-refractivity contribution in [3.63, 3.8) is 0 Å². The molecule has 0 saturated heterocycles. The maximum absolute atomic E-state index is 10.4. The quantitative estimate of drug-likeness (QED) is 0.217. The van der Waals surface area contributed by atoms with E-state index in [1.807, 2.05) is 6.07 Å². The molecule has 3 aliphatic rings. The molecule has 0 heterocycles. The zero-order chi connectivity index (χ0) is 30.0. The largest absolute Gasteiger partial charge is 0.508 e. The molecule has 3 fully saturated rings. The van der Waals surface area contributed by atoms with E-state index in [1.54, 1.807) is 7.11 Å². The van der Waals surface area contributed by atoms with Gasteiger partial charge in [-0.25, -0.2) is 9.78 Å². The molecule has 0 aromatic heterocycles. The second-order valence-electron chi connectivity index (χ2n) is 15.0. The van der Waals surface area contributed by atoms with Crippen LogP contribution in [-0.4, -0.2) is 24.4 Å². The van der Waals surface area contributed by atoms with Crippen molar-refractivity contribution in [3.8, 4) is 5.75 Å². The summed E-state index contributed by atoms with van der Waals surface area (Å²) < 4.78 is 0. The molecule has 1 aromatic rings. The van der Waals surface area contributed by atoms with E-state index in [-0.39, 0.29) is 16.4 Å². The molecule has 0 radical (unpaired) electrons. The van der Waals surface area contributed by atoms with E-state index < -0.39 is 0 Å². The molecule has 4 nitrogen and oxygen atoms in total. The molecule has 40 heavy (non-hydrogen) atoms. The number of phenolic OH excluding ortho intramolecular Hbond substituents is 1. The molecule has 6 atom stereocenters. The Morgan fingerprint density at radius 2 is 1.70 bits per heavy atom. The fourth-order valence-electron chi connectivity index (χ4n) is 7.82. The number of phenols is 1. The minimum atomic E-state index is -0.157. The van der Waals surface area contributed by atoms with Gasteiger partial charge in [-0.05, 0) is 96.8 Å². The highest BCUT2D eigenvalue weighted by Gasteiger charge is 2.61. The summed E-state index contributed by atoms with van der Waals surface area (Å²) in [6.07, 6.45) is 7.09. The van der Waals surface area contributed by atoms with Crippen LogP contribution >= 0.6 is 0 Å². The molecule has 1 aromatic carbocycles. The number of nitrogens with one attached hydrogen (secondary N) is 1. The predicted octanol–water partition coefficient (Wildman–Crippen LogP) is 9.01. The summed E-state index contributed by atoms with van der Waals surface area (Å²) in [6.45, 7) is 30.3. The number of allylic oxidation sites excluding steroid dienone is 1. The van der Waals surface area contributed by atoms with Crippen molar-refractivity contribution in [2.45, 2.75) is 124 Å². The second kappa shape index (κ2) is 12.7. The third kappa shape index (κ3) is 6.71. The van der Waals surface area contributed by atoms with Crippen molar-refractivity contribution in [2.75, 3.05) is 13.7 Å². The summed E-state index contributed by atoms with van der Waals surface area (Å²) in [5.41, 5.74) is 6.18. The Hall–Kier alpha value is -1.62. The third-order valence-corrected chi connectivity index (χ3v) is 10.1. The number of aromatic hydroxyl groups is 1. The average Bonchev–Trinajstić information content (AvgIpc) is 2.98. The summed E-state index contributed by atoms with van der Waals surface area (Å²) in [4.78, 5) is 11.5. The molecule has 2 N–H and O–H groups in total. The van der Waals surface area contributed by atoms with Crippen LogP contribution in [0, 0.1) is 29.6 Å². The second-order valence-corrected chi connectivity index (χ2v) is 15.0. The zero-order valence-corrected chi connectivity index (χ0v) is 27.4. The van der Waals surface area contributed by atoms with Crippen LogP contribution in [0.15, 0.2) is 36.4 Å². The van der Waals surface area contributed by atoms with Crippen LogP contribution < -0.4 is 5.32 Å². The molecule has 2 unspecified atom stereocenters. The minimum Gasteiger partial charge on any atom is -0.508 e. The van der Waals surface area contributed by atoms with Crippen LogP contribution in [-0.2, 0) is 27.1 Å². The number of hydrogen-bond donors (Lipinski definition) is 2. The first kappa shape index (κ1) is 32.9. The molecule has 0 spiro atoms.